The largest absolute Gasteiger partial charge is 0.388 e. The molecule has 19 heavy (non-hydrogen) atoms. The average Bonchev–Trinajstić information content (AvgIpc) is 2.76. The van der Waals surface area contributed by atoms with E-state index in [1.165, 1.54) is 17.4 Å². The fourth-order valence-electron chi connectivity index (χ4n) is 1.31. The monoisotopic (exact) mass is 297 g/mol. The van der Waals surface area contributed by atoms with E-state index in [2.05, 4.69) is 9.97 Å². The number of aryl methyl sites for hydroxylation is 1. The zero-order chi connectivity index (χ0) is 14.0. The Hall–Kier alpha value is -1.51. The van der Waals surface area contributed by atoms with E-state index in [-0.39, 0.29) is 5.69 Å². The molecule has 0 radical (unpaired) electrons. The van der Waals surface area contributed by atoms with Gasteiger partial charge in [0, 0.05) is 23.3 Å². The van der Waals surface area contributed by atoms with Crippen LogP contribution in [0, 0.1) is 17.0 Å². The van der Waals surface area contributed by atoms with Crippen LogP contribution in [0.1, 0.15) is 23.5 Å². The summed E-state index contributed by atoms with van der Waals surface area (Å²) < 4.78 is 0.477. The Morgan fingerprint density at radius 3 is 2.63 bits per heavy atom. The number of aromatic nitrogens is 2. The predicted octanol–water partition coefficient (Wildman–Crippen LogP) is 2.96. The van der Waals surface area contributed by atoms with Gasteiger partial charge in [0.25, 0.3) is 5.69 Å². The molecule has 0 aliphatic heterocycles. The van der Waals surface area contributed by atoms with Gasteiger partial charge in [0.15, 0.2) is 5.16 Å². The van der Waals surface area contributed by atoms with Crippen molar-refractivity contribution in [2.75, 3.05) is 0 Å². The Labute approximate surface area is 117 Å². The molecule has 0 aliphatic carbocycles. The molecule has 0 spiro atoms. The van der Waals surface area contributed by atoms with Crippen molar-refractivity contribution in [3.63, 3.8) is 0 Å². The molecule has 2 aromatic rings. The number of aliphatic hydroxyl groups excluding tert-OH is 1. The zero-order valence-electron chi connectivity index (χ0n) is 10.2. The van der Waals surface area contributed by atoms with Gasteiger partial charge in [-0.15, -0.1) is 11.3 Å². The molecule has 0 fully saturated rings. The van der Waals surface area contributed by atoms with Crippen LogP contribution in [0.5, 0.6) is 0 Å². The molecule has 0 aliphatic rings. The van der Waals surface area contributed by atoms with Gasteiger partial charge in [0.2, 0.25) is 0 Å². The molecule has 1 N–H and O–H groups in total. The van der Waals surface area contributed by atoms with Crippen LogP contribution in [0.25, 0.3) is 0 Å². The van der Waals surface area contributed by atoms with E-state index in [0.29, 0.717) is 14.2 Å². The minimum absolute atomic E-state index is 0.0184. The van der Waals surface area contributed by atoms with Crippen LogP contribution < -0.4 is 0 Å². The summed E-state index contributed by atoms with van der Waals surface area (Å²) >= 11 is 2.32. The van der Waals surface area contributed by atoms with Crippen LogP contribution in [0.2, 0.25) is 0 Å². The van der Waals surface area contributed by atoms with Crippen molar-refractivity contribution in [3.05, 3.63) is 39.0 Å². The normalized spacial score (nSPS) is 12.4. The molecule has 0 amide bonds. The van der Waals surface area contributed by atoms with Crippen LogP contribution in [-0.2, 0) is 0 Å². The van der Waals surface area contributed by atoms with Gasteiger partial charge in [-0.25, -0.2) is 9.97 Å². The van der Waals surface area contributed by atoms with Gasteiger partial charge in [-0.2, -0.15) is 0 Å². The topological polar surface area (TPSA) is 89.2 Å². The second kappa shape index (κ2) is 5.64. The van der Waals surface area contributed by atoms with Gasteiger partial charge in [0.05, 0.1) is 11.0 Å². The van der Waals surface area contributed by atoms with E-state index in [1.807, 2.05) is 6.92 Å². The molecule has 2 heterocycles. The number of nitro groups is 1. The minimum Gasteiger partial charge on any atom is -0.388 e. The van der Waals surface area contributed by atoms with E-state index < -0.39 is 11.0 Å². The number of nitrogens with zero attached hydrogens (tertiary/aromatic N) is 3. The standard InChI is InChI=1S/C11H11N3O3S2/c1-6-4-12-11(13-5-6)19-10-8(14(16)17)3-9(18-10)7(2)15/h3-5,7,15H,1-2H3/t7-/m1/s1. The molecule has 0 bridgehead atoms. The summed E-state index contributed by atoms with van der Waals surface area (Å²) in [4.78, 5) is 19.3. The van der Waals surface area contributed by atoms with E-state index in [0.717, 1.165) is 17.3 Å². The maximum absolute atomic E-state index is 11.0. The summed E-state index contributed by atoms with van der Waals surface area (Å²) in [6.07, 6.45) is 2.59. The summed E-state index contributed by atoms with van der Waals surface area (Å²) in [6.45, 7) is 3.44. The summed E-state index contributed by atoms with van der Waals surface area (Å²) in [7, 11) is 0. The van der Waals surface area contributed by atoms with Crippen LogP contribution in [-0.4, -0.2) is 20.0 Å². The first kappa shape index (κ1) is 13.9. The highest BCUT2D eigenvalue weighted by Gasteiger charge is 2.22. The molecule has 0 unspecified atom stereocenters. The third-order valence-corrected chi connectivity index (χ3v) is 4.63. The molecule has 100 valence electrons. The number of aliphatic hydroxyl groups is 1. The highest BCUT2D eigenvalue weighted by atomic mass is 32.2. The lowest BCUT2D eigenvalue weighted by Gasteiger charge is -1.98. The number of hydrogen-bond donors (Lipinski definition) is 1. The van der Waals surface area contributed by atoms with Gasteiger partial charge >= 0.3 is 0 Å². The number of thiophene rings is 1. The van der Waals surface area contributed by atoms with Gasteiger partial charge in [0.1, 0.15) is 4.21 Å². The Kier molecular flexibility index (Phi) is 4.13. The van der Waals surface area contributed by atoms with Gasteiger partial charge in [-0.05, 0) is 31.2 Å². The van der Waals surface area contributed by atoms with Crippen molar-refractivity contribution in [1.29, 1.82) is 0 Å². The Morgan fingerprint density at radius 1 is 1.47 bits per heavy atom. The number of rotatable bonds is 4. The molecule has 6 nitrogen and oxygen atoms in total. The first-order valence-corrected chi connectivity index (χ1v) is 7.03. The second-order valence-electron chi connectivity index (χ2n) is 3.90. The van der Waals surface area contributed by atoms with Crippen molar-refractivity contribution in [1.82, 2.24) is 9.97 Å². The summed E-state index contributed by atoms with van der Waals surface area (Å²) in [5.74, 6) is 0. The third-order valence-electron chi connectivity index (χ3n) is 2.25. The van der Waals surface area contributed by atoms with Crippen molar-refractivity contribution >= 4 is 28.8 Å². The van der Waals surface area contributed by atoms with E-state index >= 15 is 0 Å². The predicted molar refractivity (Wildman–Crippen MR) is 72.5 cm³/mol. The highest BCUT2D eigenvalue weighted by molar-refractivity contribution is 8.01. The SMILES string of the molecule is Cc1cnc(Sc2sc([C@@H](C)O)cc2[N+](=O)[O-])nc1. The van der Waals surface area contributed by atoms with Crippen LogP contribution in [0.3, 0.4) is 0 Å². The summed E-state index contributed by atoms with van der Waals surface area (Å²) in [5.41, 5.74) is 0.907. The molecular weight excluding hydrogens is 286 g/mol. The maximum atomic E-state index is 11.0. The maximum Gasteiger partial charge on any atom is 0.294 e. The lowest BCUT2D eigenvalue weighted by atomic mass is 10.3. The minimum atomic E-state index is -0.725. The lowest BCUT2D eigenvalue weighted by Crippen LogP contribution is -1.89. The smallest absolute Gasteiger partial charge is 0.294 e. The fraction of sp³-hybridized carbons (Fsp3) is 0.273. The lowest BCUT2D eigenvalue weighted by molar-refractivity contribution is -0.387. The molecule has 8 heteroatoms. The van der Waals surface area contributed by atoms with E-state index in [9.17, 15) is 15.2 Å². The molecule has 0 saturated carbocycles. The zero-order valence-corrected chi connectivity index (χ0v) is 11.9. The molecule has 2 aromatic heterocycles. The molecular formula is C11H11N3O3S2. The first-order chi connectivity index (χ1) is 8.97. The quantitative estimate of drug-likeness (QED) is 0.530. The van der Waals surface area contributed by atoms with Crippen molar-refractivity contribution in [2.45, 2.75) is 29.3 Å². The van der Waals surface area contributed by atoms with Crippen molar-refractivity contribution < 1.29 is 10.0 Å². The Balaban J connectivity index is 2.33. The molecule has 0 aromatic carbocycles. The van der Waals surface area contributed by atoms with E-state index in [1.54, 1.807) is 19.3 Å². The van der Waals surface area contributed by atoms with Gasteiger partial charge < -0.3 is 5.11 Å². The summed E-state index contributed by atoms with van der Waals surface area (Å²) in [5, 5.41) is 20.9. The van der Waals surface area contributed by atoms with Crippen LogP contribution >= 0.6 is 23.1 Å². The second-order valence-corrected chi connectivity index (χ2v) is 6.22. The van der Waals surface area contributed by atoms with Crippen LogP contribution in [0.15, 0.2) is 27.8 Å². The Morgan fingerprint density at radius 2 is 2.11 bits per heavy atom. The third kappa shape index (κ3) is 3.28. The first-order valence-electron chi connectivity index (χ1n) is 5.40. The molecule has 1 atom stereocenters. The number of hydrogen-bond acceptors (Lipinski definition) is 7. The van der Waals surface area contributed by atoms with Gasteiger partial charge in [-0.3, -0.25) is 10.1 Å². The Bertz CT molecular complexity index is 596. The summed E-state index contributed by atoms with van der Waals surface area (Å²) in [6, 6.07) is 1.39. The van der Waals surface area contributed by atoms with E-state index in [4.69, 9.17) is 0 Å². The van der Waals surface area contributed by atoms with Crippen molar-refractivity contribution in [3.8, 4) is 0 Å². The fourth-order valence-corrected chi connectivity index (χ4v) is 3.39. The van der Waals surface area contributed by atoms with Gasteiger partial charge in [-0.1, -0.05) is 0 Å². The highest BCUT2D eigenvalue weighted by Crippen LogP contribution is 2.41. The van der Waals surface area contributed by atoms with Crippen LogP contribution in [0.4, 0.5) is 5.69 Å². The van der Waals surface area contributed by atoms with Crippen molar-refractivity contribution in [2.24, 2.45) is 0 Å². The molecule has 0 saturated heterocycles. The average molecular weight is 297 g/mol. The molecule has 2 rings (SSSR count).